The Morgan fingerprint density at radius 1 is 0.474 bits per heavy atom. The van der Waals surface area contributed by atoms with Crippen molar-refractivity contribution >= 4 is 15.8 Å². The molecule has 0 atom stereocenters. The van der Waals surface area contributed by atoms with Crippen LogP contribution in [-0.2, 0) is 0 Å². The van der Waals surface area contributed by atoms with Gasteiger partial charge in [0.05, 0.1) is 0 Å². The SMILES string of the molecule is CCCCP(CCCC)CP(CCCC)CCCC. The van der Waals surface area contributed by atoms with E-state index in [1.807, 2.05) is 0 Å². The smallest absolute Gasteiger partial charge is 0.0120 e. The Kier molecular flexibility index (Phi) is 15.9. The second-order valence-corrected chi connectivity index (χ2v) is 11.4. The molecular weight excluding hydrogens is 266 g/mol. The molecule has 0 saturated heterocycles. The van der Waals surface area contributed by atoms with Crippen LogP contribution >= 0.6 is 15.8 Å². The van der Waals surface area contributed by atoms with Crippen LogP contribution in [0.1, 0.15) is 79.1 Å². The maximum atomic E-state index is 2.35. The molecule has 0 aromatic heterocycles. The summed E-state index contributed by atoms with van der Waals surface area (Å²) in [5.41, 5.74) is 0. The number of hydrogen-bond acceptors (Lipinski definition) is 0. The summed E-state index contributed by atoms with van der Waals surface area (Å²) in [4.78, 5) is 0. The zero-order chi connectivity index (χ0) is 14.3. The summed E-state index contributed by atoms with van der Waals surface area (Å²) in [5.74, 6) is 1.66. The van der Waals surface area contributed by atoms with E-state index in [0.29, 0.717) is 15.8 Å². The van der Waals surface area contributed by atoms with E-state index in [-0.39, 0.29) is 0 Å². The van der Waals surface area contributed by atoms with Crippen molar-refractivity contribution in [3.05, 3.63) is 0 Å². The zero-order valence-electron chi connectivity index (χ0n) is 14.1. The van der Waals surface area contributed by atoms with Gasteiger partial charge in [-0.3, -0.25) is 0 Å². The first kappa shape index (κ1) is 19.9. The van der Waals surface area contributed by atoms with Crippen LogP contribution in [0.4, 0.5) is 0 Å². The van der Waals surface area contributed by atoms with Gasteiger partial charge in [-0.15, -0.1) is 15.8 Å². The number of rotatable bonds is 14. The molecule has 0 aliphatic carbocycles. The lowest BCUT2D eigenvalue weighted by molar-refractivity contribution is 0.863. The molecule has 0 aliphatic rings. The molecule has 2 heteroatoms. The normalized spacial score (nSPS) is 11.7. The molecule has 0 radical (unpaired) electrons. The van der Waals surface area contributed by atoms with Gasteiger partial charge in [-0.1, -0.05) is 53.4 Å². The first-order valence-corrected chi connectivity index (χ1v) is 12.5. The molecule has 0 unspecified atom stereocenters. The van der Waals surface area contributed by atoms with Crippen molar-refractivity contribution in [3.63, 3.8) is 0 Å². The average Bonchev–Trinajstić information content (AvgIpc) is 2.44. The van der Waals surface area contributed by atoms with E-state index in [2.05, 4.69) is 27.7 Å². The molecule has 0 rings (SSSR count). The summed E-state index contributed by atoms with van der Waals surface area (Å²) in [6, 6.07) is 0. The maximum Gasteiger partial charge on any atom is -0.0120 e. The highest BCUT2D eigenvalue weighted by molar-refractivity contribution is 7.74. The third-order valence-corrected chi connectivity index (χ3v) is 10.7. The Hall–Kier alpha value is 0.860. The van der Waals surface area contributed by atoms with Gasteiger partial charge in [0, 0.05) is 0 Å². The van der Waals surface area contributed by atoms with Crippen molar-refractivity contribution in [2.45, 2.75) is 79.1 Å². The van der Waals surface area contributed by atoms with Crippen molar-refractivity contribution in [1.29, 1.82) is 0 Å². The topological polar surface area (TPSA) is 0 Å². The lowest BCUT2D eigenvalue weighted by Gasteiger charge is -2.25. The molecule has 0 aromatic carbocycles. The highest BCUT2D eigenvalue weighted by Crippen LogP contribution is 2.52. The zero-order valence-corrected chi connectivity index (χ0v) is 15.9. The molecule has 0 heterocycles. The van der Waals surface area contributed by atoms with Gasteiger partial charge in [0.15, 0.2) is 0 Å². The summed E-state index contributed by atoms with van der Waals surface area (Å²) < 4.78 is 0. The summed E-state index contributed by atoms with van der Waals surface area (Å²) in [7, 11) is 0.768. The molecule has 0 aromatic rings. The predicted molar refractivity (Wildman–Crippen MR) is 97.8 cm³/mol. The maximum absolute atomic E-state index is 2.35. The van der Waals surface area contributed by atoms with E-state index in [9.17, 15) is 0 Å². The highest BCUT2D eigenvalue weighted by atomic mass is 31.2. The lowest BCUT2D eigenvalue weighted by Crippen LogP contribution is -2.00. The van der Waals surface area contributed by atoms with E-state index in [0.717, 1.165) is 0 Å². The highest BCUT2D eigenvalue weighted by Gasteiger charge is 2.14. The standard InChI is InChI=1S/C17H38P2/c1-5-9-13-18(14-10-6-2)17-19(15-11-7-3)16-12-8-4/h5-17H2,1-4H3. The van der Waals surface area contributed by atoms with Gasteiger partial charge >= 0.3 is 0 Å². The molecular formula is C17H38P2. The predicted octanol–water partition coefficient (Wildman–Crippen LogP) is 7.11. The number of hydrogen-bond donors (Lipinski definition) is 0. The van der Waals surface area contributed by atoms with Gasteiger partial charge in [0.2, 0.25) is 0 Å². The van der Waals surface area contributed by atoms with Crippen LogP contribution in [-0.4, -0.2) is 30.6 Å². The van der Waals surface area contributed by atoms with Crippen LogP contribution in [0.5, 0.6) is 0 Å². The van der Waals surface area contributed by atoms with Crippen molar-refractivity contribution in [3.8, 4) is 0 Å². The summed E-state index contributed by atoms with van der Waals surface area (Å²) in [5, 5.41) is 0. The third-order valence-electron chi connectivity index (χ3n) is 3.71. The fourth-order valence-electron chi connectivity index (χ4n) is 2.32. The molecule has 0 spiro atoms. The van der Waals surface area contributed by atoms with Crippen molar-refractivity contribution in [2.75, 3.05) is 30.6 Å². The minimum Gasteiger partial charge on any atom is -0.102 e. The van der Waals surface area contributed by atoms with Crippen LogP contribution in [0.15, 0.2) is 0 Å². The third kappa shape index (κ3) is 12.3. The monoisotopic (exact) mass is 304 g/mol. The Bertz CT molecular complexity index is 137. The van der Waals surface area contributed by atoms with E-state index in [1.54, 1.807) is 30.6 Å². The van der Waals surface area contributed by atoms with Crippen LogP contribution in [0.2, 0.25) is 0 Å². The molecule has 19 heavy (non-hydrogen) atoms. The van der Waals surface area contributed by atoms with Crippen LogP contribution < -0.4 is 0 Å². The molecule has 0 amide bonds. The minimum absolute atomic E-state index is 0.384. The number of unbranched alkanes of at least 4 members (excludes halogenated alkanes) is 4. The molecule has 0 fully saturated rings. The van der Waals surface area contributed by atoms with E-state index >= 15 is 0 Å². The Labute approximate surface area is 126 Å². The van der Waals surface area contributed by atoms with Gasteiger partial charge < -0.3 is 0 Å². The van der Waals surface area contributed by atoms with Gasteiger partial charge in [0.25, 0.3) is 0 Å². The van der Waals surface area contributed by atoms with E-state index in [4.69, 9.17) is 0 Å². The molecule has 0 bridgehead atoms. The van der Waals surface area contributed by atoms with E-state index < -0.39 is 0 Å². The van der Waals surface area contributed by atoms with Gasteiger partial charge in [-0.2, -0.15) is 0 Å². The van der Waals surface area contributed by atoms with Crippen LogP contribution in [0, 0.1) is 0 Å². The van der Waals surface area contributed by atoms with E-state index in [1.165, 1.54) is 51.4 Å². The second kappa shape index (κ2) is 15.3. The summed E-state index contributed by atoms with van der Waals surface area (Å²) >= 11 is 0. The van der Waals surface area contributed by atoms with Crippen molar-refractivity contribution in [2.24, 2.45) is 0 Å². The second-order valence-electron chi connectivity index (χ2n) is 5.79. The van der Waals surface area contributed by atoms with Crippen LogP contribution in [0.3, 0.4) is 0 Å². The Morgan fingerprint density at radius 3 is 0.947 bits per heavy atom. The molecule has 116 valence electrons. The quantitative estimate of drug-likeness (QED) is 0.300. The van der Waals surface area contributed by atoms with Gasteiger partial charge in [0.1, 0.15) is 0 Å². The lowest BCUT2D eigenvalue weighted by atomic mass is 10.4. The molecule has 0 nitrogen and oxygen atoms in total. The molecule has 0 N–H and O–H groups in total. The Balaban J connectivity index is 4.16. The van der Waals surface area contributed by atoms with Crippen molar-refractivity contribution in [1.82, 2.24) is 0 Å². The van der Waals surface area contributed by atoms with Crippen molar-refractivity contribution < 1.29 is 0 Å². The summed E-state index contributed by atoms with van der Waals surface area (Å²) in [6.45, 7) is 9.41. The largest absolute Gasteiger partial charge is 0.102 e. The molecule has 0 aliphatic heterocycles. The first-order chi connectivity index (χ1) is 9.28. The van der Waals surface area contributed by atoms with Crippen LogP contribution in [0.25, 0.3) is 0 Å². The first-order valence-electron chi connectivity index (χ1n) is 8.73. The fourth-order valence-corrected chi connectivity index (χ4v) is 10.3. The summed E-state index contributed by atoms with van der Waals surface area (Å²) in [6.07, 6.45) is 17.8. The minimum atomic E-state index is 0.384. The Morgan fingerprint density at radius 2 is 0.737 bits per heavy atom. The van der Waals surface area contributed by atoms with Gasteiger partial charge in [-0.25, -0.2) is 0 Å². The molecule has 0 saturated carbocycles. The van der Waals surface area contributed by atoms with Gasteiger partial charge in [-0.05, 0) is 56.2 Å². The fraction of sp³-hybridized carbons (Fsp3) is 1.00. The average molecular weight is 304 g/mol.